The monoisotopic (exact) mass is 747 g/mol. The molecule has 58 heavy (non-hydrogen) atoms. The fourth-order valence-corrected chi connectivity index (χ4v) is 10.5. The summed E-state index contributed by atoms with van der Waals surface area (Å²) in [5.41, 5.74) is 21.8. The number of aromatic nitrogens is 3. The second-order valence-corrected chi connectivity index (χ2v) is 17.5. The molecule has 0 bridgehead atoms. The summed E-state index contributed by atoms with van der Waals surface area (Å²) in [6, 6.07) is 53.4. The van der Waals surface area contributed by atoms with Crippen molar-refractivity contribution >= 4 is 16.6 Å². The van der Waals surface area contributed by atoms with Gasteiger partial charge in [-0.25, -0.2) is 4.98 Å². The van der Waals surface area contributed by atoms with Crippen LogP contribution in [0.4, 0.5) is 0 Å². The molecule has 0 saturated carbocycles. The largest absolute Gasteiger partial charge is 0.292 e. The molecule has 0 radical (unpaired) electrons. The fourth-order valence-electron chi connectivity index (χ4n) is 10.5. The van der Waals surface area contributed by atoms with E-state index < -0.39 is 0 Å². The maximum Gasteiger partial charge on any atom is 0.145 e. The van der Waals surface area contributed by atoms with Gasteiger partial charge in [-0.15, -0.1) is 0 Å². The predicted octanol–water partition coefficient (Wildman–Crippen LogP) is 14.0. The summed E-state index contributed by atoms with van der Waals surface area (Å²) in [5.74, 6) is 1.41. The van der Waals surface area contributed by atoms with Crippen LogP contribution in [0.25, 0.3) is 78.3 Å². The molecule has 11 rings (SSSR count). The number of pyridine rings is 1. The molecule has 280 valence electrons. The van der Waals surface area contributed by atoms with Crippen molar-refractivity contribution in [2.45, 2.75) is 51.9 Å². The summed E-state index contributed by atoms with van der Waals surface area (Å²) in [5, 5.41) is 0. The second kappa shape index (κ2) is 12.7. The standard InChI is InChI=1S/C55H45N3/c1-34-15-14-21-43-45-33-37(24-26-48(45)55(4,5)50(34)43)39-29-38(36-23-25-47-44(32-36)42-20-12-13-22-46(42)54(47,2)3)30-40(31-39)53-57-52-49(58(53)41-18-10-7-11-19-41)27-28-56-51(52)35-16-8-6-9-17-35/h6-14,16-34H,15H2,1-5H3. The molecule has 3 nitrogen and oxygen atoms in total. The molecule has 3 aliphatic rings. The fraction of sp³-hybridized carbons (Fsp3) is 0.164. The van der Waals surface area contributed by atoms with E-state index in [1.807, 2.05) is 12.3 Å². The van der Waals surface area contributed by atoms with E-state index in [4.69, 9.17) is 9.97 Å². The van der Waals surface area contributed by atoms with E-state index in [0.29, 0.717) is 5.92 Å². The Morgan fingerprint density at radius 3 is 1.91 bits per heavy atom. The van der Waals surface area contributed by atoms with Gasteiger partial charge < -0.3 is 0 Å². The van der Waals surface area contributed by atoms with Crippen molar-refractivity contribution in [3.05, 3.63) is 192 Å². The van der Waals surface area contributed by atoms with Crippen LogP contribution in [-0.2, 0) is 10.8 Å². The Morgan fingerprint density at radius 2 is 1.17 bits per heavy atom. The van der Waals surface area contributed by atoms with E-state index in [1.165, 1.54) is 55.6 Å². The average Bonchev–Trinajstić information content (AvgIpc) is 3.84. The topological polar surface area (TPSA) is 30.7 Å². The van der Waals surface area contributed by atoms with Crippen molar-refractivity contribution in [1.29, 1.82) is 0 Å². The summed E-state index contributed by atoms with van der Waals surface area (Å²) < 4.78 is 2.31. The lowest BCUT2D eigenvalue weighted by Crippen LogP contribution is -2.22. The van der Waals surface area contributed by atoms with Crippen LogP contribution in [-0.4, -0.2) is 14.5 Å². The molecule has 0 spiro atoms. The Morgan fingerprint density at radius 1 is 0.552 bits per heavy atom. The first kappa shape index (κ1) is 34.7. The Kier molecular flexibility index (Phi) is 7.60. The van der Waals surface area contributed by atoms with Gasteiger partial charge >= 0.3 is 0 Å². The zero-order valence-corrected chi connectivity index (χ0v) is 33.7. The van der Waals surface area contributed by atoms with Gasteiger partial charge in [0.25, 0.3) is 0 Å². The van der Waals surface area contributed by atoms with Gasteiger partial charge in [0.1, 0.15) is 11.3 Å². The van der Waals surface area contributed by atoms with Crippen molar-refractivity contribution in [3.8, 4) is 61.7 Å². The lowest BCUT2D eigenvalue weighted by molar-refractivity contribution is 0.530. The maximum atomic E-state index is 5.53. The Labute approximate surface area is 341 Å². The van der Waals surface area contributed by atoms with Gasteiger partial charge in [0.15, 0.2) is 0 Å². The van der Waals surface area contributed by atoms with E-state index in [-0.39, 0.29) is 10.8 Å². The van der Waals surface area contributed by atoms with Gasteiger partial charge in [-0.2, -0.15) is 0 Å². The zero-order valence-electron chi connectivity index (χ0n) is 33.7. The number of hydrogen-bond donors (Lipinski definition) is 0. The SMILES string of the molecule is CC1CC=CC2=C1C(C)(C)c1ccc(-c3cc(-c4ccc5c(c4)-c4ccccc4C5(C)C)cc(-c4nc5c(-c6ccccc6)nccc5n4-c4ccccc4)c3)cc12. The van der Waals surface area contributed by atoms with Crippen molar-refractivity contribution in [2.75, 3.05) is 0 Å². The van der Waals surface area contributed by atoms with Crippen molar-refractivity contribution in [3.63, 3.8) is 0 Å². The molecule has 0 amide bonds. The summed E-state index contributed by atoms with van der Waals surface area (Å²) in [7, 11) is 0. The van der Waals surface area contributed by atoms with Crippen molar-refractivity contribution < 1.29 is 0 Å². The predicted molar refractivity (Wildman–Crippen MR) is 241 cm³/mol. The molecule has 6 aromatic carbocycles. The molecule has 0 fully saturated rings. The highest BCUT2D eigenvalue weighted by atomic mass is 15.1. The van der Waals surface area contributed by atoms with Gasteiger partial charge in [-0.1, -0.05) is 144 Å². The Hall–Kier alpha value is -6.58. The van der Waals surface area contributed by atoms with Crippen LogP contribution < -0.4 is 0 Å². The molecule has 0 saturated heterocycles. The van der Waals surface area contributed by atoms with Gasteiger partial charge in [0.2, 0.25) is 0 Å². The number of para-hydroxylation sites is 1. The number of rotatable bonds is 5. The summed E-state index contributed by atoms with van der Waals surface area (Å²) >= 11 is 0. The molecule has 3 heteroatoms. The first-order valence-corrected chi connectivity index (χ1v) is 20.6. The molecule has 8 aromatic rings. The molecule has 0 N–H and O–H groups in total. The first-order valence-electron chi connectivity index (χ1n) is 20.6. The number of imidazole rings is 1. The molecule has 2 aromatic heterocycles. The summed E-state index contributed by atoms with van der Waals surface area (Å²) in [4.78, 5) is 10.4. The molecule has 1 unspecified atom stereocenters. The average molecular weight is 748 g/mol. The summed E-state index contributed by atoms with van der Waals surface area (Å²) in [6.45, 7) is 11.9. The molecule has 0 aliphatic heterocycles. The highest BCUT2D eigenvalue weighted by Gasteiger charge is 2.40. The van der Waals surface area contributed by atoms with Crippen LogP contribution in [0.2, 0.25) is 0 Å². The molecule has 2 heterocycles. The van der Waals surface area contributed by atoms with Crippen LogP contribution in [0, 0.1) is 5.92 Å². The third kappa shape index (κ3) is 5.12. The molecular weight excluding hydrogens is 703 g/mol. The molecule has 1 atom stereocenters. The van der Waals surface area contributed by atoms with Crippen molar-refractivity contribution in [1.82, 2.24) is 14.5 Å². The van der Waals surface area contributed by atoms with Gasteiger partial charge in [0.05, 0.1) is 11.2 Å². The van der Waals surface area contributed by atoms with Crippen molar-refractivity contribution in [2.24, 2.45) is 5.92 Å². The zero-order chi connectivity index (χ0) is 39.3. The lowest BCUT2D eigenvalue weighted by atomic mass is 9.74. The number of benzene rings is 6. The van der Waals surface area contributed by atoms with Crippen LogP contribution in [0.1, 0.15) is 63.3 Å². The Balaban J connectivity index is 1.17. The minimum absolute atomic E-state index is 0.0000955. The van der Waals surface area contributed by atoms with Crippen LogP contribution >= 0.6 is 0 Å². The van der Waals surface area contributed by atoms with Crippen LogP contribution in [0.3, 0.4) is 0 Å². The number of nitrogens with zero attached hydrogens (tertiary/aromatic N) is 3. The minimum atomic E-state index is -0.0563. The van der Waals surface area contributed by atoms with E-state index >= 15 is 0 Å². The van der Waals surface area contributed by atoms with Crippen LogP contribution in [0.15, 0.2) is 170 Å². The lowest BCUT2D eigenvalue weighted by Gasteiger charge is -2.30. The quantitative estimate of drug-likeness (QED) is 0.176. The highest BCUT2D eigenvalue weighted by Crippen LogP contribution is 2.53. The summed E-state index contributed by atoms with van der Waals surface area (Å²) in [6.07, 6.45) is 7.75. The Bertz CT molecular complexity index is 3030. The van der Waals surface area contributed by atoms with Gasteiger partial charge in [-0.05, 0) is 128 Å². The van der Waals surface area contributed by atoms with E-state index in [2.05, 4.69) is 191 Å². The third-order valence-electron chi connectivity index (χ3n) is 13.3. The maximum absolute atomic E-state index is 5.53. The molecular formula is C55H45N3. The second-order valence-electron chi connectivity index (χ2n) is 17.5. The normalized spacial score (nSPS) is 16.9. The smallest absolute Gasteiger partial charge is 0.145 e. The third-order valence-corrected chi connectivity index (χ3v) is 13.3. The van der Waals surface area contributed by atoms with Crippen LogP contribution in [0.5, 0.6) is 0 Å². The van der Waals surface area contributed by atoms with E-state index in [1.54, 1.807) is 5.57 Å². The first-order chi connectivity index (χ1) is 28.2. The highest BCUT2D eigenvalue weighted by molar-refractivity contribution is 5.95. The molecule has 3 aliphatic carbocycles. The van der Waals surface area contributed by atoms with E-state index in [0.717, 1.165) is 51.4 Å². The van der Waals surface area contributed by atoms with E-state index in [9.17, 15) is 0 Å². The number of allylic oxidation sites excluding steroid dienone is 4. The number of hydrogen-bond acceptors (Lipinski definition) is 2. The number of fused-ring (bicyclic) bond motifs is 6. The minimum Gasteiger partial charge on any atom is -0.292 e. The van der Waals surface area contributed by atoms with Gasteiger partial charge in [0, 0.05) is 33.8 Å². The van der Waals surface area contributed by atoms with Gasteiger partial charge in [-0.3, -0.25) is 9.55 Å².